The third-order valence-corrected chi connectivity index (χ3v) is 9.47. The van der Waals surface area contributed by atoms with E-state index in [-0.39, 0.29) is 17.9 Å². The molecule has 3 aliphatic heterocycles. The number of halogens is 4. The van der Waals surface area contributed by atoms with Crippen LogP contribution in [-0.4, -0.2) is 108 Å². The van der Waals surface area contributed by atoms with Gasteiger partial charge in [-0.1, -0.05) is 46.4 Å². The summed E-state index contributed by atoms with van der Waals surface area (Å²) in [6.07, 6.45) is 1.65. The molecular weight excluding hydrogens is 608 g/mol. The fraction of sp³-hybridized carbons (Fsp3) is 0.517. The molecule has 3 aliphatic rings. The van der Waals surface area contributed by atoms with Crippen molar-refractivity contribution in [3.63, 3.8) is 0 Å². The molecule has 8 nitrogen and oxygen atoms in total. The Morgan fingerprint density at radius 3 is 1.98 bits per heavy atom. The average Bonchev–Trinajstić information content (AvgIpc) is 2.89. The van der Waals surface area contributed by atoms with E-state index < -0.39 is 5.60 Å². The minimum atomic E-state index is -1.71. The van der Waals surface area contributed by atoms with Crippen molar-refractivity contribution in [2.45, 2.75) is 37.5 Å². The minimum Gasteiger partial charge on any atom is -0.380 e. The predicted octanol–water partition coefficient (Wildman–Crippen LogP) is 4.68. The zero-order valence-electron chi connectivity index (χ0n) is 23.2. The van der Waals surface area contributed by atoms with E-state index in [0.29, 0.717) is 63.4 Å². The van der Waals surface area contributed by atoms with Gasteiger partial charge in [-0.25, -0.2) is 0 Å². The minimum absolute atomic E-state index is 0.128. The van der Waals surface area contributed by atoms with E-state index in [1.807, 2.05) is 7.05 Å². The fourth-order valence-corrected chi connectivity index (χ4v) is 7.04. The summed E-state index contributed by atoms with van der Waals surface area (Å²) < 4.78 is 0. The van der Waals surface area contributed by atoms with E-state index in [2.05, 4.69) is 15.1 Å². The highest BCUT2D eigenvalue weighted by Gasteiger charge is 2.40. The second kappa shape index (κ2) is 12.4. The molecule has 41 heavy (non-hydrogen) atoms. The van der Waals surface area contributed by atoms with Crippen molar-refractivity contribution in [1.82, 2.24) is 19.6 Å². The lowest BCUT2D eigenvalue weighted by atomic mass is 9.92. The van der Waals surface area contributed by atoms with Crippen LogP contribution < -0.4 is 5.32 Å². The number of carbonyl (C=O) groups is 2. The number of hydrogen-bond donors (Lipinski definition) is 2. The maximum atomic E-state index is 13.2. The van der Waals surface area contributed by atoms with Gasteiger partial charge in [0.25, 0.3) is 11.8 Å². The van der Waals surface area contributed by atoms with Gasteiger partial charge in [0.05, 0.1) is 21.7 Å². The van der Waals surface area contributed by atoms with Gasteiger partial charge in [0.1, 0.15) is 0 Å². The maximum absolute atomic E-state index is 13.2. The number of hydrogen-bond acceptors (Lipinski definition) is 6. The molecule has 3 heterocycles. The van der Waals surface area contributed by atoms with Crippen LogP contribution in [-0.2, 0) is 10.4 Å². The van der Waals surface area contributed by atoms with Crippen LogP contribution in [0.15, 0.2) is 30.3 Å². The third-order valence-electron chi connectivity index (χ3n) is 8.44. The lowest BCUT2D eigenvalue weighted by Gasteiger charge is -2.48. The topological polar surface area (TPSA) is 79.4 Å². The molecule has 3 saturated heterocycles. The predicted molar refractivity (Wildman–Crippen MR) is 164 cm³/mol. The molecule has 2 N–H and O–H groups in total. The number of nitrogens with zero attached hydrogens (tertiary/aromatic N) is 4. The van der Waals surface area contributed by atoms with Gasteiger partial charge in [0.15, 0.2) is 5.60 Å². The number of piperidine rings is 1. The molecule has 3 fully saturated rings. The number of likely N-dealkylation sites (N-methyl/N-ethyl adjacent to an activating group) is 1. The Bertz CT molecular complexity index is 1260. The van der Waals surface area contributed by atoms with Crippen LogP contribution in [0, 0.1) is 0 Å². The van der Waals surface area contributed by atoms with Crippen molar-refractivity contribution >= 4 is 63.9 Å². The highest BCUT2D eigenvalue weighted by molar-refractivity contribution is 6.40. The Morgan fingerprint density at radius 1 is 0.854 bits per heavy atom. The Kier molecular flexibility index (Phi) is 9.31. The van der Waals surface area contributed by atoms with Gasteiger partial charge in [-0.3, -0.25) is 14.5 Å². The molecular formula is C29H35Cl4N5O3. The molecule has 2 amide bonds. The Balaban J connectivity index is 1.11. The van der Waals surface area contributed by atoms with Crippen molar-refractivity contribution in [3.8, 4) is 0 Å². The van der Waals surface area contributed by atoms with E-state index in [0.717, 1.165) is 44.7 Å². The van der Waals surface area contributed by atoms with Crippen molar-refractivity contribution in [2.75, 3.05) is 64.7 Å². The molecule has 0 saturated carbocycles. The van der Waals surface area contributed by atoms with Crippen LogP contribution in [0.3, 0.4) is 0 Å². The summed E-state index contributed by atoms with van der Waals surface area (Å²) in [6, 6.07) is 8.87. The molecule has 1 atom stereocenters. The molecule has 2 aromatic rings. The van der Waals surface area contributed by atoms with Crippen LogP contribution >= 0.6 is 46.4 Å². The highest BCUT2D eigenvalue weighted by Crippen LogP contribution is 2.33. The zero-order chi connectivity index (χ0) is 29.5. The number of rotatable bonds is 6. The van der Waals surface area contributed by atoms with Gasteiger partial charge in [-0.15, -0.1) is 0 Å². The summed E-state index contributed by atoms with van der Waals surface area (Å²) in [5, 5.41) is 16.0. The first-order chi connectivity index (χ1) is 19.4. The summed E-state index contributed by atoms with van der Waals surface area (Å²) in [5.41, 5.74) is -0.170. The summed E-state index contributed by atoms with van der Waals surface area (Å²) in [4.78, 5) is 34.4. The molecule has 2 aromatic carbocycles. The van der Waals surface area contributed by atoms with E-state index in [9.17, 15) is 14.7 Å². The second-order valence-electron chi connectivity index (χ2n) is 11.5. The Labute approximate surface area is 261 Å². The van der Waals surface area contributed by atoms with Gasteiger partial charge in [0, 0.05) is 74.1 Å². The number of likely N-dealkylation sites (tertiary alicyclic amines) is 2. The summed E-state index contributed by atoms with van der Waals surface area (Å²) >= 11 is 25.3. The van der Waals surface area contributed by atoms with Crippen LogP contribution in [0.5, 0.6) is 0 Å². The lowest BCUT2D eigenvalue weighted by molar-refractivity contribution is -0.152. The summed E-state index contributed by atoms with van der Waals surface area (Å²) in [7, 11) is 2.04. The quantitative estimate of drug-likeness (QED) is 0.476. The van der Waals surface area contributed by atoms with Crippen LogP contribution in [0.4, 0.5) is 5.69 Å². The Hall–Kier alpha value is -1.78. The first-order valence-electron chi connectivity index (χ1n) is 13.9. The first-order valence-corrected chi connectivity index (χ1v) is 15.4. The normalized spacial score (nSPS) is 21.0. The molecule has 0 bridgehead atoms. The van der Waals surface area contributed by atoms with Crippen LogP contribution in [0.25, 0.3) is 0 Å². The summed E-state index contributed by atoms with van der Waals surface area (Å²) in [5.74, 6) is -0.474. The molecule has 222 valence electrons. The number of aliphatic hydroxyl groups is 1. The van der Waals surface area contributed by atoms with Gasteiger partial charge in [-0.2, -0.15) is 0 Å². The van der Waals surface area contributed by atoms with Crippen LogP contribution in [0.2, 0.25) is 20.1 Å². The third kappa shape index (κ3) is 6.74. The SMILES string of the molecule is CN1CCN(C(=O)c2c(Cl)cc(NC3CN(C4CCN(C(=O)[C@@](C)(O)c5cc(Cl)cc(Cl)c5)CC4)C3)cc2Cl)CC1. The molecule has 0 aromatic heterocycles. The van der Waals surface area contributed by atoms with Crippen molar-refractivity contribution in [2.24, 2.45) is 0 Å². The highest BCUT2D eigenvalue weighted by atomic mass is 35.5. The number of carbonyl (C=O) groups excluding carboxylic acids is 2. The molecule has 0 radical (unpaired) electrons. The first kappa shape index (κ1) is 30.7. The second-order valence-corrected chi connectivity index (χ2v) is 13.1. The van der Waals surface area contributed by atoms with E-state index in [1.54, 1.807) is 40.1 Å². The molecule has 0 unspecified atom stereocenters. The van der Waals surface area contributed by atoms with Gasteiger partial charge >= 0.3 is 0 Å². The average molecular weight is 643 g/mol. The number of anilines is 1. The fourth-order valence-electron chi connectivity index (χ4n) is 5.87. The van der Waals surface area contributed by atoms with Gasteiger partial charge < -0.3 is 25.1 Å². The van der Waals surface area contributed by atoms with Gasteiger partial charge in [0.2, 0.25) is 0 Å². The monoisotopic (exact) mass is 641 g/mol. The number of nitrogens with one attached hydrogen (secondary N) is 1. The lowest BCUT2D eigenvalue weighted by Crippen LogP contribution is -2.61. The smallest absolute Gasteiger partial charge is 0.258 e. The summed E-state index contributed by atoms with van der Waals surface area (Å²) in [6.45, 7) is 7.30. The number of benzene rings is 2. The van der Waals surface area contributed by atoms with E-state index in [1.165, 1.54) is 6.92 Å². The number of piperazine rings is 1. The van der Waals surface area contributed by atoms with Crippen molar-refractivity contribution in [3.05, 3.63) is 61.5 Å². The largest absolute Gasteiger partial charge is 0.380 e. The Morgan fingerprint density at radius 2 is 1.41 bits per heavy atom. The van der Waals surface area contributed by atoms with Gasteiger partial charge in [-0.05, 0) is 62.7 Å². The van der Waals surface area contributed by atoms with Crippen molar-refractivity contribution < 1.29 is 14.7 Å². The molecule has 0 spiro atoms. The van der Waals surface area contributed by atoms with Crippen molar-refractivity contribution in [1.29, 1.82) is 0 Å². The van der Waals surface area contributed by atoms with E-state index in [4.69, 9.17) is 46.4 Å². The molecule has 0 aliphatic carbocycles. The zero-order valence-corrected chi connectivity index (χ0v) is 26.2. The maximum Gasteiger partial charge on any atom is 0.258 e. The standard InChI is InChI=1S/C29H35Cl4N5O3/c1-29(41,18-11-19(30)13-20(31)12-18)28(40)37-5-3-23(4-6-37)38-16-22(17-38)34-21-14-24(32)26(25(33)15-21)27(39)36-9-7-35(2)8-10-36/h11-15,22-23,34,41H,3-10,16-17H2,1-2H3/t29-/m0/s1. The molecule has 12 heteroatoms. The number of amides is 2. The van der Waals surface area contributed by atoms with Crippen LogP contribution in [0.1, 0.15) is 35.7 Å². The van der Waals surface area contributed by atoms with E-state index >= 15 is 0 Å². The molecule has 5 rings (SSSR count).